The van der Waals surface area contributed by atoms with Gasteiger partial charge in [0.25, 0.3) is 0 Å². The van der Waals surface area contributed by atoms with Crippen LogP contribution < -0.4 is 15.3 Å². The van der Waals surface area contributed by atoms with E-state index in [0.29, 0.717) is 47.3 Å². The number of amides is 1. The first-order valence-corrected chi connectivity index (χ1v) is 14.6. The van der Waals surface area contributed by atoms with Crippen molar-refractivity contribution in [2.24, 2.45) is 0 Å². The van der Waals surface area contributed by atoms with Crippen LogP contribution in [0.4, 0.5) is 10.1 Å². The van der Waals surface area contributed by atoms with Gasteiger partial charge in [-0.2, -0.15) is 0 Å². The van der Waals surface area contributed by atoms with Crippen LogP contribution in [0.25, 0.3) is 22.2 Å². The summed E-state index contributed by atoms with van der Waals surface area (Å²) in [5, 5.41) is 0. The van der Waals surface area contributed by atoms with E-state index in [9.17, 15) is 18.0 Å². The van der Waals surface area contributed by atoms with Crippen LogP contribution in [0.2, 0.25) is 0 Å². The molecule has 1 amide bonds. The summed E-state index contributed by atoms with van der Waals surface area (Å²) in [4.78, 5) is 28.9. The largest absolute Gasteiger partial charge is 0.497 e. The van der Waals surface area contributed by atoms with Crippen molar-refractivity contribution in [3.8, 4) is 16.9 Å². The number of hydrogen-bond acceptors (Lipinski definition) is 5. The Labute approximate surface area is 226 Å². The number of nitrogens with zero attached hydrogens (tertiary/aromatic N) is 3. The van der Waals surface area contributed by atoms with E-state index >= 15 is 4.39 Å². The Morgan fingerprint density at radius 1 is 1.00 bits per heavy atom. The monoisotopic (exact) mass is 551 g/mol. The summed E-state index contributed by atoms with van der Waals surface area (Å²) < 4.78 is 48.6. The van der Waals surface area contributed by atoms with Crippen molar-refractivity contribution in [2.75, 3.05) is 24.8 Å². The van der Waals surface area contributed by atoms with Gasteiger partial charge in [-0.25, -0.2) is 17.6 Å². The van der Waals surface area contributed by atoms with Crippen molar-refractivity contribution in [3.63, 3.8) is 0 Å². The Bertz CT molecular complexity index is 1760. The molecule has 0 saturated carbocycles. The van der Waals surface area contributed by atoms with Crippen molar-refractivity contribution in [2.45, 2.75) is 43.7 Å². The summed E-state index contributed by atoms with van der Waals surface area (Å²) in [6.07, 6.45) is 2.13. The van der Waals surface area contributed by atoms with Gasteiger partial charge in [0, 0.05) is 30.5 Å². The lowest BCUT2D eigenvalue weighted by Gasteiger charge is -2.33. The van der Waals surface area contributed by atoms with E-state index in [1.807, 2.05) is 13.8 Å². The predicted octanol–water partition coefficient (Wildman–Crippen LogP) is 4.97. The number of methoxy groups -OCH3 is 1. The van der Waals surface area contributed by atoms with Crippen LogP contribution in [-0.2, 0) is 14.6 Å². The summed E-state index contributed by atoms with van der Waals surface area (Å²) in [5.74, 6) is -0.415. The lowest BCUT2D eigenvalue weighted by Crippen LogP contribution is -2.45. The molecule has 0 spiro atoms. The SMILES string of the molecule is COc1ccc2c(c1)n(C(C)C)c(=O)n2C1CCCN(c2ccc(-c3ccccc3S(C)(=O)=O)cc2F)C1=O. The lowest BCUT2D eigenvalue weighted by atomic mass is 10.0. The highest BCUT2D eigenvalue weighted by molar-refractivity contribution is 7.90. The molecule has 1 aliphatic rings. The topological polar surface area (TPSA) is 90.6 Å². The number of halogens is 1. The molecule has 0 bridgehead atoms. The minimum Gasteiger partial charge on any atom is -0.497 e. The number of carbonyl (C=O) groups excluding carboxylic acids is 1. The molecule has 1 aromatic heterocycles. The number of sulfone groups is 1. The number of carbonyl (C=O) groups is 1. The van der Waals surface area contributed by atoms with Gasteiger partial charge in [0.2, 0.25) is 5.91 Å². The zero-order chi connectivity index (χ0) is 28.1. The maximum absolute atomic E-state index is 15.5. The fourth-order valence-corrected chi connectivity index (χ4v) is 6.32. The maximum atomic E-state index is 15.5. The average molecular weight is 552 g/mol. The van der Waals surface area contributed by atoms with Gasteiger partial charge in [-0.3, -0.25) is 13.9 Å². The second-order valence-electron chi connectivity index (χ2n) is 10.1. The number of fused-ring (bicyclic) bond motifs is 1. The first-order valence-electron chi connectivity index (χ1n) is 12.7. The number of aromatic nitrogens is 2. The predicted molar refractivity (Wildman–Crippen MR) is 149 cm³/mol. The van der Waals surface area contributed by atoms with Crippen molar-refractivity contribution >= 4 is 32.5 Å². The Balaban J connectivity index is 1.55. The zero-order valence-electron chi connectivity index (χ0n) is 22.2. The van der Waals surface area contributed by atoms with Gasteiger partial charge in [-0.1, -0.05) is 24.3 Å². The molecule has 2 heterocycles. The fourth-order valence-electron chi connectivity index (χ4n) is 5.41. The van der Waals surface area contributed by atoms with Gasteiger partial charge in [0.1, 0.15) is 17.6 Å². The van der Waals surface area contributed by atoms with Crippen LogP contribution in [0.5, 0.6) is 5.75 Å². The molecule has 1 saturated heterocycles. The second-order valence-corrected chi connectivity index (χ2v) is 12.0. The molecule has 0 aliphatic carbocycles. The van der Waals surface area contributed by atoms with Gasteiger partial charge < -0.3 is 9.64 Å². The van der Waals surface area contributed by atoms with Crippen LogP contribution in [-0.4, -0.2) is 43.4 Å². The third kappa shape index (κ3) is 4.63. The molecule has 0 N–H and O–H groups in total. The molecule has 8 nitrogen and oxygen atoms in total. The Morgan fingerprint density at radius 3 is 2.41 bits per heavy atom. The zero-order valence-corrected chi connectivity index (χ0v) is 23.0. The first-order chi connectivity index (χ1) is 18.5. The highest BCUT2D eigenvalue weighted by atomic mass is 32.2. The fraction of sp³-hybridized carbons (Fsp3) is 0.310. The molecule has 10 heteroatoms. The molecule has 39 heavy (non-hydrogen) atoms. The second kappa shape index (κ2) is 10.00. The van der Waals surface area contributed by atoms with Crippen LogP contribution >= 0.6 is 0 Å². The van der Waals surface area contributed by atoms with Crippen molar-refractivity contribution in [1.29, 1.82) is 0 Å². The van der Waals surface area contributed by atoms with Crippen LogP contribution in [0.1, 0.15) is 38.8 Å². The standard InChI is InChI=1S/C29H30FN3O5S/c1-18(2)32-26-17-20(38-3)12-14-24(26)33(29(32)35)25-9-7-15-31(28(25)34)23-13-11-19(16-22(23)30)21-8-5-6-10-27(21)39(4,36)37/h5-6,8,10-14,16-18,25H,7,9,15H2,1-4H3. The number of anilines is 1. The molecule has 0 radical (unpaired) electrons. The van der Waals surface area contributed by atoms with E-state index < -0.39 is 21.7 Å². The van der Waals surface area contributed by atoms with Gasteiger partial charge in [-0.15, -0.1) is 0 Å². The number of imidazole rings is 1. The average Bonchev–Trinajstić information content (AvgIpc) is 3.19. The maximum Gasteiger partial charge on any atom is 0.330 e. The minimum absolute atomic E-state index is 0.0904. The molecule has 1 unspecified atom stereocenters. The molecule has 4 aromatic rings. The number of benzene rings is 3. The van der Waals surface area contributed by atoms with Gasteiger partial charge in [0.05, 0.1) is 28.7 Å². The summed E-state index contributed by atoms with van der Waals surface area (Å²) in [7, 11) is -1.98. The van der Waals surface area contributed by atoms with Crippen molar-refractivity contribution in [3.05, 3.63) is 77.0 Å². The summed E-state index contributed by atoms with van der Waals surface area (Å²) >= 11 is 0. The molecular weight excluding hydrogens is 521 g/mol. The Hall–Kier alpha value is -3.92. The molecule has 1 fully saturated rings. The van der Waals surface area contributed by atoms with Gasteiger partial charge >= 0.3 is 5.69 Å². The number of ether oxygens (including phenoxy) is 1. The smallest absolute Gasteiger partial charge is 0.330 e. The lowest BCUT2D eigenvalue weighted by molar-refractivity contribution is -0.123. The van der Waals surface area contributed by atoms with Crippen LogP contribution in [0.15, 0.2) is 70.4 Å². The molecule has 1 aliphatic heterocycles. The van der Waals surface area contributed by atoms with Crippen molar-refractivity contribution in [1.82, 2.24) is 9.13 Å². The van der Waals surface area contributed by atoms with Gasteiger partial charge in [0.15, 0.2) is 9.84 Å². The highest BCUT2D eigenvalue weighted by Crippen LogP contribution is 2.35. The minimum atomic E-state index is -3.53. The van der Waals surface area contributed by atoms with Crippen molar-refractivity contribution < 1.29 is 22.3 Å². The van der Waals surface area contributed by atoms with E-state index in [1.54, 1.807) is 54.1 Å². The Morgan fingerprint density at radius 2 is 1.74 bits per heavy atom. The van der Waals surface area contributed by atoms with E-state index in [2.05, 4.69) is 0 Å². The van der Waals surface area contributed by atoms with E-state index in [0.717, 1.165) is 6.26 Å². The third-order valence-corrected chi connectivity index (χ3v) is 8.34. The van der Waals surface area contributed by atoms with Crippen LogP contribution in [0.3, 0.4) is 0 Å². The number of hydrogen-bond donors (Lipinski definition) is 0. The summed E-state index contributed by atoms with van der Waals surface area (Å²) in [5.41, 5.74) is 1.84. The number of rotatable bonds is 6. The van der Waals surface area contributed by atoms with Gasteiger partial charge in [-0.05, 0) is 62.6 Å². The third-order valence-electron chi connectivity index (χ3n) is 7.19. The summed E-state index contributed by atoms with van der Waals surface area (Å²) in [6.45, 7) is 4.11. The van der Waals surface area contributed by atoms with E-state index in [-0.39, 0.29) is 28.2 Å². The summed E-state index contributed by atoms with van der Waals surface area (Å²) in [6, 6.07) is 15.1. The molecular formula is C29H30FN3O5S. The normalized spacial score (nSPS) is 16.3. The van der Waals surface area contributed by atoms with E-state index in [4.69, 9.17) is 4.74 Å². The first kappa shape index (κ1) is 26.7. The quantitative estimate of drug-likeness (QED) is 0.338. The van der Waals surface area contributed by atoms with E-state index in [1.165, 1.54) is 27.7 Å². The molecule has 3 aromatic carbocycles. The molecule has 5 rings (SSSR count). The molecule has 1 atom stereocenters. The molecule has 204 valence electrons. The highest BCUT2D eigenvalue weighted by Gasteiger charge is 2.35. The van der Waals surface area contributed by atoms with Crippen LogP contribution in [0, 0.1) is 5.82 Å². The Kier molecular flexibility index (Phi) is 6.84. The number of piperidine rings is 1.